The van der Waals surface area contributed by atoms with E-state index in [1.807, 2.05) is 36.4 Å². The first-order valence-electron chi connectivity index (χ1n) is 6.11. The van der Waals surface area contributed by atoms with Crippen LogP contribution in [-0.4, -0.2) is 5.11 Å². The first-order valence-corrected chi connectivity index (χ1v) is 7.28. The van der Waals surface area contributed by atoms with Gasteiger partial charge in [-0.3, -0.25) is 0 Å². The quantitative estimate of drug-likeness (QED) is 0.784. The molecular weight excluding hydrogens is 326 g/mol. The summed E-state index contributed by atoms with van der Waals surface area (Å²) in [5.74, 6) is 0.312. The molecule has 100 valence electrons. The molecule has 0 saturated heterocycles. The Morgan fingerprint density at radius 1 is 1.26 bits per heavy atom. The average Bonchev–Trinajstić information content (AvgIpc) is 2.39. The van der Waals surface area contributed by atoms with Gasteiger partial charge in [0, 0.05) is 20.7 Å². The first kappa shape index (κ1) is 14.2. The van der Waals surface area contributed by atoms with E-state index < -0.39 is 0 Å². The molecule has 0 heterocycles. The molecule has 2 aromatic rings. The highest BCUT2D eigenvalue weighted by Gasteiger charge is 2.14. The molecule has 2 nitrogen and oxygen atoms in total. The normalized spacial score (nSPS) is 12.2. The Morgan fingerprint density at radius 2 is 2.00 bits per heavy atom. The minimum Gasteiger partial charge on any atom is -0.508 e. The van der Waals surface area contributed by atoms with Crippen molar-refractivity contribution < 1.29 is 5.11 Å². The third-order valence-electron chi connectivity index (χ3n) is 2.98. The molecule has 0 aliphatic heterocycles. The number of phenols is 1. The third kappa shape index (κ3) is 3.43. The predicted molar refractivity (Wildman–Crippen MR) is 83.9 cm³/mol. The van der Waals surface area contributed by atoms with Gasteiger partial charge in [-0.2, -0.15) is 0 Å². The van der Waals surface area contributed by atoms with Crippen LogP contribution in [0.5, 0.6) is 5.75 Å². The van der Waals surface area contributed by atoms with Crippen molar-refractivity contribution in [1.82, 2.24) is 0 Å². The number of para-hydroxylation sites is 1. The number of benzene rings is 2. The summed E-state index contributed by atoms with van der Waals surface area (Å²) in [6, 6.07) is 13.1. The van der Waals surface area contributed by atoms with E-state index in [0.717, 1.165) is 22.1 Å². The van der Waals surface area contributed by atoms with E-state index in [1.165, 1.54) is 0 Å². The van der Waals surface area contributed by atoms with Gasteiger partial charge in [-0.15, -0.1) is 0 Å². The van der Waals surface area contributed by atoms with Crippen LogP contribution in [0.2, 0.25) is 5.02 Å². The number of hydrogen-bond acceptors (Lipinski definition) is 2. The summed E-state index contributed by atoms with van der Waals surface area (Å²) in [4.78, 5) is 0. The van der Waals surface area contributed by atoms with Crippen molar-refractivity contribution in [2.75, 3.05) is 5.32 Å². The third-order valence-corrected chi connectivity index (χ3v) is 3.87. The Labute approximate surface area is 126 Å². The summed E-state index contributed by atoms with van der Waals surface area (Å²) < 4.78 is 0.911. The molecule has 19 heavy (non-hydrogen) atoms. The second-order valence-corrected chi connectivity index (χ2v) is 5.58. The van der Waals surface area contributed by atoms with E-state index in [1.54, 1.807) is 6.07 Å². The fourth-order valence-corrected chi connectivity index (χ4v) is 2.77. The Hall–Kier alpha value is -1.19. The van der Waals surface area contributed by atoms with Gasteiger partial charge in [-0.25, -0.2) is 0 Å². The molecule has 0 spiro atoms. The number of phenolic OH excluding ortho intramolecular Hbond substituents is 1. The molecule has 0 fully saturated rings. The summed E-state index contributed by atoms with van der Waals surface area (Å²) in [6.45, 7) is 2.08. The molecule has 0 saturated carbocycles. The highest BCUT2D eigenvalue weighted by atomic mass is 79.9. The lowest BCUT2D eigenvalue weighted by Crippen LogP contribution is -2.10. The number of halogens is 2. The predicted octanol–water partition coefficient (Wildman–Crippen LogP) is 5.37. The van der Waals surface area contributed by atoms with Gasteiger partial charge in [0.2, 0.25) is 0 Å². The van der Waals surface area contributed by atoms with E-state index in [2.05, 4.69) is 28.2 Å². The van der Waals surface area contributed by atoms with Crippen LogP contribution in [0.15, 0.2) is 46.9 Å². The minimum atomic E-state index is 0.0543. The molecular formula is C15H15BrClNO. The Bertz CT molecular complexity index is 574. The molecule has 2 aromatic carbocycles. The van der Waals surface area contributed by atoms with Crippen LogP contribution in [0.4, 0.5) is 5.69 Å². The molecule has 0 aliphatic carbocycles. The number of anilines is 1. The van der Waals surface area contributed by atoms with Gasteiger partial charge in [0.15, 0.2) is 0 Å². The van der Waals surface area contributed by atoms with E-state index in [9.17, 15) is 5.11 Å². The van der Waals surface area contributed by atoms with Gasteiger partial charge in [-0.05, 0) is 46.6 Å². The molecule has 1 atom stereocenters. The van der Waals surface area contributed by atoms with Crippen molar-refractivity contribution in [3.63, 3.8) is 0 Å². The zero-order valence-corrected chi connectivity index (χ0v) is 12.9. The fourth-order valence-electron chi connectivity index (χ4n) is 1.98. The van der Waals surface area contributed by atoms with Crippen molar-refractivity contribution in [3.05, 3.63) is 57.5 Å². The van der Waals surface area contributed by atoms with Gasteiger partial charge < -0.3 is 10.4 Å². The second kappa shape index (κ2) is 6.31. The van der Waals surface area contributed by atoms with Crippen molar-refractivity contribution >= 4 is 33.2 Å². The Morgan fingerprint density at radius 3 is 2.63 bits per heavy atom. The zero-order chi connectivity index (χ0) is 13.8. The van der Waals surface area contributed by atoms with Crippen LogP contribution in [0.1, 0.15) is 24.9 Å². The SMILES string of the molecule is CCC(Nc1ccc(Cl)cc1Br)c1ccccc1O. The fraction of sp³-hybridized carbons (Fsp3) is 0.200. The maximum absolute atomic E-state index is 9.93. The molecule has 2 N–H and O–H groups in total. The van der Waals surface area contributed by atoms with Gasteiger partial charge in [0.05, 0.1) is 6.04 Å². The summed E-state index contributed by atoms with van der Waals surface area (Å²) in [5, 5.41) is 14.0. The summed E-state index contributed by atoms with van der Waals surface area (Å²) in [7, 11) is 0. The van der Waals surface area contributed by atoms with Crippen molar-refractivity contribution in [3.8, 4) is 5.75 Å². The smallest absolute Gasteiger partial charge is 0.120 e. The summed E-state index contributed by atoms with van der Waals surface area (Å²) in [5.41, 5.74) is 1.85. The molecule has 0 bridgehead atoms. The van der Waals surface area contributed by atoms with Crippen LogP contribution >= 0.6 is 27.5 Å². The van der Waals surface area contributed by atoms with E-state index in [-0.39, 0.29) is 6.04 Å². The summed E-state index contributed by atoms with van der Waals surface area (Å²) >= 11 is 9.42. The van der Waals surface area contributed by atoms with Crippen LogP contribution in [0.3, 0.4) is 0 Å². The number of rotatable bonds is 4. The van der Waals surface area contributed by atoms with Crippen LogP contribution in [-0.2, 0) is 0 Å². The van der Waals surface area contributed by atoms with Gasteiger partial charge in [0.25, 0.3) is 0 Å². The minimum absolute atomic E-state index is 0.0543. The van der Waals surface area contributed by atoms with E-state index in [0.29, 0.717) is 10.8 Å². The first-order chi connectivity index (χ1) is 9.11. The summed E-state index contributed by atoms with van der Waals surface area (Å²) in [6.07, 6.45) is 0.868. The molecule has 2 rings (SSSR count). The van der Waals surface area contributed by atoms with E-state index in [4.69, 9.17) is 11.6 Å². The lowest BCUT2D eigenvalue weighted by molar-refractivity contribution is 0.463. The maximum atomic E-state index is 9.93. The lowest BCUT2D eigenvalue weighted by atomic mass is 10.0. The maximum Gasteiger partial charge on any atom is 0.120 e. The van der Waals surface area contributed by atoms with E-state index >= 15 is 0 Å². The Balaban J connectivity index is 2.27. The molecule has 0 aromatic heterocycles. The zero-order valence-electron chi connectivity index (χ0n) is 10.5. The van der Waals surface area contributed by atoms with Crippen LogP contribution in [0, 0.1) is 0 Å². The van der Waals surface area contributed by atoms with Crippen molar-refractivity contribution in [1.29, 1.82) is 0 Å². The molecule has 0 radical (unpaired) electrons. The van der Waals surface area contributed by atoms with Crippen molar-refractivity contribution in [2.24, 2.45) is 0 Å². The molecule has 0 aliphatic rings. The van der Waals surface area contributed by atoms with Gasteiger partial charge >= 0.3 is 0 Å². The van der Waals surface area contributed by atoms with Gasteiger partial charge in [0.1, 0.15) is 5.75 Å². The van der Waals surface area contributed by atoms with Crippen LogP contribution in [0.25, 0.3) is 0 Å². The standard InChI is InChI=1S/C15H15BrClNO/c1-2-13(11-5-3-4-6-15(11)19)18-14-8-7-10(17)9-12(14)16/h3-9,13,18-19H,2H2,1H3. The highest BCUT2D eigenvalue weighted by Crippen LogP contribution is 2.33. The highest BCUT2D eigenvalue weighted by molar-refractivity contribution is 9.10. The van der Waals surface area contributed by atoms with Crippen molar-refractivity contribution in [2.45, 2.75) is 19.4 Å². The topological polar surface area (TPSA) is 32.3 Å². The molecule has 1 unspecified atom stereocenters. The molecule has 4 heteroatoms. The average molecular weight is 341 g/mol. The Kier molecular flexibility index (Phi) is 4.72. The van der Waals surface area contributed by atoms with Gasteiger partial charge in [-0.1, -0.05) is 36.7 Å². The number of hydrogen-bond donors (Lipinski definition) is 2. The van der Waals surface area contributed by atoms with Crippen LogP contribution < -0.4 is 5.32 Å². The monoisotopic (exact) mass is 339 g/mol. The second-order valence-electron chi connectivity index (χ2n) is 4.29. The largest absolute Gasteiger partial charge is 0.508 e. The number of aromatic hydroxyl groups is 1. The number of nitrogens with one attached hydrogen (secondary N) is 1. The lowest BCUT2D eigenvalue weighted by Gasteiger charge is -2.20. The molecule has 0 amide bonds.